The van der Waals surface area contributed by atoms with Crippen LogP contribution < -0.4 is 4.74 Å². The van der Waals surface area contributed by atoms with E-state index in [0.717, 1.165) is 25.0 Å². The Kier molecular flexibility index (Phi) is 19.2. The molecule has 0 saturated heterocycles. The van der Waals surface area contributed by atoms with Crippen LogP contribution in [-0.4, -0.2) is 12.6 Å². The maximum absolute atomic E-state index is 12.5. The number of benzene rings is 2. The van der Waals surface area contributed by atoms with Crippen molar-refractivity contribution in [1.82, 2.24) is 0 Å². The smallest absolute Gasteiger partial charge is 0.343 e. The van der Waals surface area contributed by atoms with Crippen molar-refractivity contribution >= 4 is 5.97 Å². The molecule has 0 heterocycles. The fourth-order valence-electron chi connectivity index (χ4n) is 5.17. The minimum absolute atomic E-state index is 0.0251. The summed E-state index contributed by atoms with van der Waals surface area (Å²) in [5.41, 5.74) is 2.93. The van der Waals surface area contributed by atoms with Gasteiger partial charge in [0.15, 0.2) is 0 Å². The minimum Gasteiger partial charge on any atom is -0.423 e. The van der Waals surface area contributed by atoms with Gasteiger partial charge >= 0.3 is 5.97 Å². The molecular weight excluding hydrogens is 492 g/mol. The normalized spacial score (nSPS) is 12.0. The summed E-state index contributed by atoms with van der Waals surface area (Å²) < 4.78 is 11.6. The summed E-state index contributed by atoms with van der Waals surface area (Å²) in [7, 11) is 0. The minimum atomic E-state index is -0.324. The summed E-state index contributed by atoms with van der Waals surface area (Å²) in [6, 6.07) is 15.5. The summed E-state index contributed by atoms with van der Waals surface area (Å²) in [4.78, 5) is 12.5. The molecule has 0 aliphatic heterocycles. The van der Waals surface area contributed by atoms with Crippen LogP contribution in [0, 0.1) is 0 Å². The predicted octanol–water partition coefficient (Wildman–Crippen LogP) is 11.6. The van der Waals surface area contributed by atoms with Crippen molar-refractivity contribution in [3.63, 3.8) is 0 Å². The monoisotopic (exact) mass is 550 g/mol. The molecule has 0 aromatic heterocycles. The van der Waals surface area contributed by atoms with Crippen molar-refractivity contribution in [1.29, 1.82) is 0 Å². The Morgan fingerprint density at radius 1 is 0.600 bits per heavy atom. The Bertz CT molecular complexity index is 871. The van der Waals surface area contributed by atoms with E-state index in [1.807, 2.05) is 48.5 Å². The molecule has 224 valence electrons. The number of rotatable bonds is 24. The van der Waals surface area contributed by atoms with Crippen LogP contribution in [-0.2, 0) is 11.2 Å². The number of ether oxygens (including phenoxy) is 2. The van der Waals surface area contributed by atoms with Crippen LogP contribution in [0.1, 0.15) is 164 Å². The number of hydrogen-bond donors (Lipinski definition) is 0. The first-order chi connectivity index (χ1) is 19.6. The quantitative estimate of drug-likeness (QED) is 0.0740. The van der Waals surface area contributed by atoms with Gasteiger partial charge in [0.05, 0.1) is 11.7 Å². The molecule has 0 aliphatic rings. The summed E-state index contributed by atoms with van der Waals surface area (Å²) >= 11 is 0. The first kappa shape index (κ1) is 34.1. The molecular formula is C37H58O3. The number of carbonyl (C=O) groups excluding carboxylic acids is 1. The maximum atomic E-state index is 12.5. The van der Waals surface area contributed by atoms with E-state index in [2.05, 4.69) is 20.8 Å². The molecule has 3 heteroatoms. The van der Waals surface area contributed by atoms with E-state index >= 15 is 0 Å². The van der Waals surface area contributed by atoms with Crippen LogP contribution >= 0.6 is 0 Å². The second-order valence-electron chi connectivity index (χ2n) is 11.6. The Morgan fingerprint density at radius 3 is 1.57 bits per heavy atom. The van der Waals surface area contributed by atoms with Crippen LogP contribution in [0.2, 0.25) is 0 Å². The summed E-state index contributed by atoms with van der Waals surface area (Å²) in [5.74, 6) is 0.263. The lowest BCUT2D eigenvalue weighted by Gasteiger charge is -2.14. The summed E-state index contributed by atoms with van der Waals surface area (Å²) in [5, 5.41) is 0. The van der Waals surface area contributed by atoms with Gasteiger partial charge in [0.25, 0.3) is 0 Å². The standard InChI is InChI=1S/C37H58O3/c1-4-6-8-9-10-11-12-13-14-15-16-17-18-19-20-21-31-39-32(3)34-25-27-35(28-26-34)37(38)40-36-29-23-33(24-30-36)22-7-5-2/h23-30,32H,4-22,31H2,1-3H3. The molecule has 0 radical (unpaired) electrons. The van der Waals surface area contributed by atoms with Crippen molar-refractivity contribution in [3.05, 3.63) is 65.2 Å². The van der Waals surface area contributed by atoms with Gasteiger partial charge in [-0.2, -0.15) is 0 Å². The van der Waals surface area contributed by atoms with Gasteiger partial charge < -0.3 is 9.47 Å². The highest BCUT2D eigenvalue weighted by molar-refractivity contribution is 5.91. The van der Waals surface area contributed by atoms with E-state index in [1.54, 1.807) is 0 Å². The molecule has 0 aliphatic carbocycles. The van der Waals surface area contributed by atoms with E-state index in [0.29, 0.717) is 11.3 Å². The van der Waals surface area contributed by atoms with Crippen LogP contribution in [0.5, 0.6) is 5.75 Å². The van der Waals surface area contributed by atoms with Crippen molar-refractivity contribution in [2.45, 2.75) is 149 Å². The van der Waals surface area contributed by atoms with Gasteiger partial charge in [-0.05, 0) is 61.6 Å². The van der Waals surface area contributed by atoms with Gasteiger partial charge in [0.1, 0.15) is 5.75 Å². The third-order valence-electron chi connectivity index (χ3n) is 7.93. The number of unbranched alkanes of at least 4 members (excludes halogenated alkanes) is 16. The van der Waals surface area contributed by atoms with Gasteiger partial charge in [-0.3, -0.25) is 0 Å². The van der Waals surface area contributed by atoms with E-state index in [-0.39, 0.29) is 12.1 Å². The first-order valence-corrected chi connectivity index (χ1v) is 16.7. The SMILES string of the molecule is CCCCCCCCCCCCCCCCCCOC(C)c1ccc(C(=O)Oc2ccc(CCCC)cc2)cc1. The number of hydrogen-bond acceptors (Lipinski definition) is 3. The molecule has 40 heavy (non-hydrogen) atoms. The maximum Gasteiger partial charge on any atom is 0.343 e. The molecule has 0 fully saturated rings. The van der Waals surface area contributed by atoms with E-state index in [4.69, 9.17) is 9.47 Å². The summed E-state index contributed by atoms with van der Waals surface area (Å²) in [6.45, 7) is 7.35. The largest absolute Gasteiger partial charge is 0.423 e. The lowest BCUT2D eigenvalue weighted by atomic mass is 10.0. The molecule has 2 aromatic rings. The molecule has 0 spiro atoms. The molecule has 1 atom stereocenters. The van der Waals surface area contributed by atoms with Gasteiger partial charge in [-0.15, -0.1) is 0 Å². The molecule has 2 rings (SSSR count). The van der Waals surface area contributed by atoms with Gasteiger partial charge in [-0.1, -0.05) is 141 Å². The molecule has 0 N–H and O–H groups in total. The van der Waals surface area contributed by atoms with Gasteiger partial charge in [-0.25, -0.2) is 4.79 Å². The van der Waals surface area contributed by atoms with Crippen molar-refractivity contribution in [3.8, 4) is 5.75 Å². The molecule has 2 aromatic carbocycles. The highest BCUT2D eigenvalue weighted by Gasteiger charge is 2.11. The Balaban J connectivity index is 1.47. The second kappa shape index (κ2) is 22.5. The zero-order chi connectivity index (χ0) is 28.7. The van der Waals surface area contributed by atoms with E-state index in [9.17, 15) is 4.79 Å². The lowest BCUT2D eigenvalue weighted by Crippen LogP contribution is -2.09. The molecule has 1 unspecified atom stereocenters. The number of esters is 1. The van der Waals surface area contributed by atoms with Crippen molar-refractivity contribution in [2.75, 3.05) is 6.61 Å². The lowest BCUT2D eigenvalue weighted by molar-refractivity contribution is 0.0626. The van der Waals surface area contributed by atoms with Gasteiger partial charge in [0.2, 0.25) is 0 Å². The topological polar surface area (TPSA) is 35.5 Å². The second-order valence-corrected chi connectivity index (χ2v) is 11.6. The number of carbonyl (C=O) groups is 1. The summed E-state index contributed by atoms with van der Waals surface area (Å²) in [6.07, 6.45) is 25.5. The predicted molar refractivity (Wildman–Crippen MR) is 170 cm³/mol. The third-order valence-corrected chi connectivity index (χ3v) is 7.93. The average molecular weight is 551 g/mol. The highest BCUT2D eigenvalue weighted by atomic mass is 16.5. The molecule has 3 nitrogen and oxygen atoms in total. The van der Waals surface area contributed by atoms with Crippen LogP contribution in [0.4, 0.5) is 0 Å². The Morgan fingerprint density at radius 2 is 1.07 bits per heavy atom. The molecule has 0 amide bonds. The fourth-order valence-corrected chi connectivity index (χ4v) is 5.17. The van der Waals surface area contributed by atoms with Crippen molar-refractivity contribution < 1.29 is 14.3 Å². The van der Waals surface area contributed by atoms with Gasteiger partial charge in [0, 0.05) is 6.61 Å². The zero-order valence-corrected chi connectivity index (χ0v) is 26.1. The third kappa shape index (κ3) is 15.6. The van der Waals surface area contributed by atoms with Crippen LogP contribution in [0.15, 0.2) is 48.5 Å². The first-order valence-electron chi connectivity index (χ1n) is 16.7. The van der Waals surface area contributed by atoms with Crippen LogP contribution in [0.25, 0.3) is 0 Å². The fraction of sp³-hybridized carbons (Fsp3) is 0.649. The number of aryl methyl sites for hydroxylation is 1. The molecule has 0 saturated carbocycles. The Labute approximate surface area is 246 Å². The van der Waals surface area contributed by atoms with Crippen molar-refractivity contribution in [2.24, 2.45) is 0 Å². The molecule has 0 bridgehead atoms. The van der Waals surface area contributed by atoms with Crippen LogP contribution in [0.3, 0.4) is 0 Å². The average Bonchev–Trinajstić information content (AvgIpc) is 2.98. The zero-order valence-electron chi connectivity index (χ0n) is 26.1. The van der Waals surface area contributed by atoms with E-state index < -0.39 is 0 Å². The van der Waals surface area contributed by atoms with E-state index in [1.165, 1.54) is 115 Å². The highest BCUT2D eigenvalue weighted by Crippen LogP contribution is 2.20. The Hall–Kier alpha value is -2.13.